The normalized spacial score (nSPS) is 26.0. The lowest BCUT2D eigenvalue weighted by Crippen LogP contribution is -2.42. The summed E-state index contributed by atoms with van der Waals surface area (Å²) in [6.45, 7) is 7.81. The molecule has 0 spiro atoms. The van der Waals surface area contributed by atoms with Crippen LogP contribution in [0.4, 0.5) is 0 Å². The van der Waals surface area contributed by atoms with Crippen molar-refractivity contribution >= 4 is 17.6 Å². The van der Waals surface area contributed by atoms with Gasteiger partial charge in [-0.05, 0) is 30.0 Å². The summed E-state index contributed by atoms with van der Waals surface area (Å²) < 4.78 is 17.6. The van der Waals surface area contributed by atoms with Gasteiger partial charge < -0.3 is 14.2 Å². The second kappa shape index (κ2) is 6.41. The van der Waals surface area contributed by atoms with E-state index in [1.165, 1.54) is 0 Å². The van der Waals surface area contributed by atoms with Crippen LogP contribution in [-0.2, 0) is 19.0 Å². The minimum absolute atomic E-state index is 0.00567. The minimum Gasteiger partial charge on any atom is -0.456 e. The van der Waals surface area contributed by atoms with E-state index in [2.05, 4.69) is 13.8 Å². The Morgan fingerprint density at radius 2 is 1.88 bits per heavy atom. The highest BCUT2D eigenvalue weighted by Crippen LogP contribution is 2.43. The zero-order valence-corrected chi connectivity index (χ0v) is 15.2. The number of rotatable bonds is 3. The van der Waals surface area contributed by atoms with E-state index >= 15 is 0 Å². The summed E-state index contributed by atoms with van der Waals surface area (Å²) in [5.74, 6) is -0.135. The maximum Gasteiger partial charge on any atom is 0.343 e. The maximum absolute atomic E-state index is 12.6. The highest BCUT2D eigenvalue weighted by molar-refractivity contribution is 6.30. The van der Waals surface area contributed by atoms with E-state index in [0.29, 0.717) is 28.7 Å². The third-order valence-electron chi connectivity index (χ3n) is 4.14. The molecule has 0 aromatic heterocycles. The van der Waals surface area contributed by atoms with Gasteiger partial charge in [-0.25, -0.2) is 4.79 Å². The van der Waals surface area contributed by atoms with Gasteiger partial charge in [-0.15, -0.1) is 0 Å². The van der Waals surface area contributed by atoms with E-state index in [4.69, 9.17) is 25.8 Å². The molecule has 1 aromatic rings. The van der Waals surface area contributed by atoms with Crippen molar-refractivity contribution in [3.05, 3.63) is 46.2 Å². The van der Waals surface area contributed by atoms with Gasteiger partial charge in [0.1, 0.15) is 17.4 Å². The molecule has 130 valence electrons. The van der Waals surface area contributed by atoms with Gasteiger partial charge in [0.25, 0.3) is 0 Å². The number of hydrogen-bond donors (Lipinski definition) is 0. The first-order valence-corrected chi connectivity index (χ1v) is 8.69. The Bertz CT molecular complexity index is 660. The molecule has 2 atom stereocenters. The second-order valence-corrected chi connectivity index (χ2v) is 7.69. The highest BCUT2D eigenvalue weighted by atomic mass is 35.5. The van der Waals surface area contributed by atoms with Crippen LogP contribution < -0.4 is 0 Å². The summed E-state index contributed by atoms with van der Waals surface area (Å²) in [4.78, 5) is 12.6. The molecule has 3 rings (SSSR count). The van der Waals surface area contributed by atoms with E-state index in [9.17, 15) is 4.79 Å². The minimum atomic E-state index is -0.944. The molecule has 0 saturated heterocycles. The van der Waals surface area contributed by atoms with Crippen molar-refractivity contribution in [2.45, 2.75) is 58.5 Å². The van der Waals surface area contributed by atoms with E-state index in [0.717, 1.165) is 12.0 Å². The van der Waals surface area contributed by atoms with Crippen molar-refractivity contribution in [1.82, 2.24) is 0 Å². The van der Waals surface area contributed by atoms with Gasteiger partial charge in [0.15, 0.2) is 0 Å². The Morgan fingerprint density at radius 1 is 1.21 bits per heavy atom. The standard InChI is InChI=1S/C19H23ClO4/c1-11(2)9-14-10-15-16(18(21)24-19(3,4)23-15)17(22-14)12-5-7-13(20)8-6-12/h5-8,11,14,17H,9-10H2,1-4H3/t14-,17+/m1/s1. The molecule has 4 nitrogen and oxygen atoms in total. The SMILES string of the molecule is CC(C)C[C@@H]1CC2=C(C(=O)OC(C)(C)O2)[C@H](c2ccc(Cl)cc2)O1. The number of ether oxygens (including phenoxy) is 3. The number of benzene rings is 1. The molecule has 0 aliphatic carbocycles. The average Bonchev–Trinajstić information content (AvgIpc) is 2.44. The number of cyclic esters (lactones) is 1. The van der Waals surface area contributed by atoms with Crippen molar-refractivity contribution < 1.29 is 19.0 Å². The summed E-state index contributed by atoms with van der Waals surface area (Å²) >= 11 is 5.98. The number of halogens is 1. The Balaban J connectivity index is 2.00. The summed E-state index contributed by atoms with van der Waals surface area (Å²) in [5, 5.41) is 0.645. The van der Waals surface area contributed by atoms with Crippen LogP contribution >= 0.6 is 11.6 Å². The summed E-state index contributed by atoms with van der Waals surface area (Å²) in [6, 6.07) is 7.35. The zero-order chi connectivity index (χ0) is 17.5. The third kappa shape index (κ3) is 3.60. The molecule has 0 bridgehead atoms. The van der Waals surface area contributed by atoms with Gasteiger partial charge in [-0.2, -0.15) is 0 Å². The Kier molecular flexibility index (Phi) is 4.63. The Hall–Kier alpha value is -1.52. The van der Waals surface area contributed by atoms with Crippen molar-refractivity contribution in [3.63, 3.8) is 0 Å². The number of esters is 1. The molecule has 0 unspecified atom stereocenters. The number of hydrogen-bond acceptors (Lipinski definition) is 4. The van der Waals surface area contributed by atoms with Crippen LogP contribution in [0.25, 0.3) is 0 Å². The smallest absolute Gasteiger partial charge is 0.343 e. The fourth-order valence-electron chi connectivity index (χ4n) is 3.23. The lowest BCUT2D eigenvalue weighted by atomic mass is 9.91. The predicted molar refractivity (Wildman–Crippen MR) is 91.4 cm³/mol. The van der Waals surface area contributed by atoms with Gasteiger partial charge in [0, 0.05) is 25.3 Å². The summed E-state index contributed by atoms with van der Waals surface area (Å²) in [5.41, 5.74) is 1.34. The number of carbonyl (C=O) groups excluding carboxylic acids is 1. The molecular formula is C19H23ClO4. The Morgan fingerprint density at radius 3 is 2.50 bits per heavy atom. The summed E-state index contributed by atoms with van der Waals surface area (Å²) in [7, 11) is 0. The first kappa shape index (κ1) is 17.3. The molecule has 0 amide bonds. The molecule has 5 heteroatoms. The third-order valence-corrected chi connectivity index (χ3v) is 4.39. The molecule has 2 heterocycles. The molecule has 2 aliphatic rings. The maximum atomic E-state index is 12.6. The highest BCUT2D eigenvalue weighted by Gasteiger charge is 2.44. The fourth-order valence-corrected chi connectivity index (χ4v) is 3.36. The van der Waals surface area contributed by atoms with Crippen LogP contribution in [0.5, 0.6) is 0 Å². The van der Waals surface area contributed by atoms with Crippen LogP contribution in [0.1, 0.15) is 52.2 Å². The van der Waals surface area contributed by atoms with Crippen LogP contribution in [0.15, 0.2) is 35.6 Å². The molecule has 0 N–H and O–H groups in total. The van der Waals surface area contributed by atoms with E-state index in [-0.39, 0.29) is 12.1 Å². The molecule has 24 heavy (non-hydrogen) atoms. The molecule has 0 fully saturated rings. The van der Waals surface area contributed by atoms with Gasteiger partial charge >= 0.3 is 5.97 Å². The quantitative estimate of drug-likeness (QED) is 0.736. The first-order valence-electron chi connectivity index (χ1n) is 8.31. The number of carbonyl (C=O) groups is 1. The summed E-state index contributed by atoms with van der Waals surface area (Å²) in [6.07, 6.45) is 1.01. The van der Waals surface area contributed by atoms with E-state index < -0.39 is 11.9 Å². The second-order valence-electron chi connectivity index (χ2n) is 7.25. The fraction of sp³-hybridized carbons (Fsp3) is 0.526. The van der Waals surface area contributed by atoms with Crippen molar-refractivity contribution in [2.75, 3.05) is 0 Å². The van der Waals surface area contributed by atoms with E-state index in [1.54, 1.807) is 26.0 Å². The zero-order valence-electron chi connectivity index (χ0n) is 14.5. The van der Waals surface area contributed by atoms with Crippen molar-refractivity contribution in [1.29, 1.82) is 0 Å². The van der Waals surface area contributed by atoms with E-state index in [1.807, 2.05) is 12.1 Å². The van der Waals surface area contributed by atoms with Gasteiger partial charge in [-0.1, -0.05) is 37.6 Å². The molecule has 2 aliphatic heterocycles. The monoisotopic (exact) mass is 350 g/mol. The van der Waals surface area contributed by atoms with Crippen LogP contribution in [0.2, 0.25) is 5.02 Å². The lowest BCUT2D eigenvalue weighted by Gasteiger charge is -2.41. The largest absolute Gasteiger partial charge is 0.456 e. The van der Waals surface area contributed by atoms with Gasteiger partial charge in [-0.3, -0.25) is 0 Å². The molecule has 0 radical (unpaired) electrons. The lowest BCUT2D eigenvalue weighted by molar-refractivity contribution is -0.217. The predicted octanol–water partition coefficient (Wildman–Crippen LogP) is 4.78. The topological polar surface area (TPSA) is 44.8 Å². The van der Waals surface area contributed by atoms with Crippen LogP contribution in [0.3, 0.4) is 0 Å². The van der Waals surface area contributed by atoms with Crippen molar-refractivity contribution in [3.8, 4) is 0 Å². The van der Waals surface area contributed by atoms with Crippen molar-refractivity contribution in [2.24, 2.45) is 5.92 Å². The van der Waals surface area contributed by atoms with Crippen LogP contribution in [0, 0.1) is 5.92 Å². The molecule has 1 aromatic carbocycles. The van der Waals surface area contributed by atoms with Gasteiger partial charge in [0.05, 0.1) is 6.10 Å². The molecule has 0 saturated carbocycles. The Labute approximate surface area is 147 Å². The van der Waals surface area contributed by atoms with Gasteiger partial charge in [0.2, 0.25) is 5.79 Å². The average molecular weight is 351 g/mol. The van der Waals surface area contributed by atoms with Crippen LogP contribution in [-0.4, -0.2) is 17.9 Å². The molecular weight excluding hydrogens is 328 g/mol. The first-order chi connectivity index (χ1) is 11.2.